The molecule has 0 aliphatic heterocycles. The highest BCUT2D eigenvalue weighted by Crippen LogP contribution is 2.22. The summed E-state index contributed by atoms with van der Waals surface area (Å²) in [5.74, 6) is -1.90. The van der Waals surface area contributed by atoms with Crippen molar-refractivity contribution in [3.63, 3.8) is 0 Å². The van der Waals surface area contributed by atoms with E-state index in [4.69, 9.17) is 11.6 Å². The van der Waals surface area contributed by atoms with Gasteiger partial charge in [0.25, 0.3) is 5.56 Å². The zero-order valence-corrected chi connectivity index (χ0v) is 16.9. The van der Waals surface area contributed by atoms with Crippen LogP contribution >= 0.6 is 11.6 Å². The average Bonchev–Trinajstić information content (AvgIpc) is 3.10. The van der Waals surface area contributed by atoms with Crippen molar-refractivity contribution < 1.29 is 13.6 Å². The lowest BCUT2D eigenvalue weighted by atomic mass is 10.2. The van der Waals surface area contributed by atoms with Crippen molar-refractivity contribution in [1.29, 1.82) is 0 Å². The Bertz CT molecular complexity index is 1350. The molecular formula is C20H15ClF2N6O2. The maximum absolute atomic E-state index is 13.4. The Labute approximate surface area is 179 Å². The number of rotatable bonds is 5. The molecule has 0 atom stereocenters. The Morgan fingerprint density at radius 3 is 2.68 bits per heavy atom. The highest BCUT2D eigenvalue weighted by Gasteiger charge is 2.15. The van der Waals surface area contributed by atoms with Crippen molar-refractivity contribution in [2.45, 2.75) is 20.0 Å². The molecule has 0 spiro atoms. The van der Waals surface area contributed by atoms with Gasteiger partial charge in [-0.15, -0.1) is 5.10 Å². The molecule has 2 aromatic carbocycles. The van der Waals surface area contributed by atoms with E-state index >= 15 is 0 Å². The van der Waals surface area contributed by atoms with E-state index in [1.54, 1.807) is 25.1 Å². The van der Waals surface area contributed by atoms with Crippen molar-refractivity contribution in [2.75, 3.05) is 5.32 Å². The molecule has 31 heavy (non-hydrogen) atoms. The molecule has 2 heterocycles. The zero-order chi connectivity index (χ0) is 22.1. The number of carbonyl (C=O) groups is 1. The second kappa shape index (κ2) is 8.23. The second-order valence-electron chi connectivity index (χ2n) is 6.84. The molecule has 1 amide bonds. The number of hydrogen-bond acceptors (Lipinski definition) is 5. The lowest BCUT2D eigenvalue weighted by Gasteiger charge is -2.10. The number of benzene rings is 2. The average molecular weight is 445 g/mol. The van der Waals surface area contributed by atoms with Gasteiger partial charge >= 0.3 is 0 Å². The number of halogens is 3. The minimum absolute atomic E-state index is 0.0316. The third-order valence-corrected chi connectivity index (χ3v) is 5.01. The monoisotopic (exact) mass is 444 g/mol. The smallest absolute Gasteiger partial charge is 0.283 e. The molecule has 11 heteroatoms. The lowest BCUT2D eigenvalue weighted by Crippen LogP contribution is -2.28. The topological polar surface area (TPSA) is 94.7 Å². The summed E-state index contributed by atoms with van der Waals surface area (Å²) in [6.45, 7) is 1.44. The predicted octanol–water partition coefficient (Wildman–Crippen LogP) is 2.92. The predicted molar refractivity (Wildman–Crippen MR) is 110 cm³/mol. The van der Waals surface area contributed by atoms with E-state index in [0.29, 0.717) is 21.8 Å². The summed E-state index contributed by atoms with van der Waals surface area (Å²) in [5.41, 5.74) is 1.04. The molecule has 0 saturated carbocycles. The maximum Gasteiger partial charge on any atom is 0.283 e. The fraction of sp³-hybridized carbons (Fsp3) is 0.150. The molecule has 0 aliphatic rings. The summed E-state index contributed by atoms with van der Waals surface area (Å²) in [6, 6.07) is 8.17. The Kier molecular flexibility index (Phi) is 5.47. The van der Waals surface area contributed by atoms with Crippen LogP contribution in [0.5, 0.6) is 0 Å². The van der Waals surface area contributed by atoms with Crippen molar-refractivity contribution in [3.05, 3.63) is 80.9 Å². The fourth-order valence-corrected chi connectivity index (χ4v) is 3.24. The van der Waals surface area contributed by atoms with Crippen molar-refractivity contribution in [1.82, 2.24) is 24.5 Å². The Balaban J connectivity index is 1.56. The van der Waals surface area contributed by atoms with Gasteiger partial charge in [-0.05, 0) is 42.3 Å². The first-order valence-electron chi connectivity index (χ1n) is 9.10. The molecular weight excluding hydrogens is 430 g/mol. The van der Waals surface area contributed by atoms with Crippen LogP contribution in [0.25, 0.3) is 11.2 Å². The van der Waals surface area contributed by atoms with Crippen molar-refractivity contribution in [3.8, 4) is 0 Å². The first-order chi connectivity index (χ1) is 14.8. The normalized spacial score (nSPS) is 11.1. The van der Waals surface area contributed by atoms with Crippen LogP contribution in [-0.4, -0.2) is 30.5 Å². The van der Waals surface area contributed by atoms with Crippen LogP contribution in [0, 0.1) is 18.6 Å². The maximum atomic E-state index is 13.4. The van der Waals surface area contributed by atoms with Gasteiger partial charge in [-0.3, -0.25) is 14.2 Å². The van der Waals surface area contributed by atoms with Gasteiger partial charge in [-0.1, -0.05) is 22.9 Å². The zero-order valence-electron chi connectivity index (χ0n) is 16.1. The van der Waals surface area contributed by atoms with Crippen LogP contribution in [0.4, 0.5) is 14.5 Å². The molecule has 4 aromatic rings. The van der Waals surface area contributed by atoms with Crippen molar-refractivity contribution >= 4 is 34.4 Å². The molecule has 158 valence electrons. The summed E-state index contributed by atoms with van der Waals surface area (Å²) >= 11 is 6.05. The van der Waals surface area contributed by atoms with Crippen molar-refractivity contribution in [2.24, 2.45) is 0 Å². The first kappa shape index (κ1) is 20.6. The van der Waals surface area contributed by atoms with Gasteiger partial charge in [0, 0.05) is 16.8 Å². The van der Waals surface area contributed by atoms with Crippen LogP contribution in [-0.2, 0) is 17.9 Å². The third-order valence-electron chi connectivity index (χ3n) is 4.60. The Hall–Kier alpha value is -3.66. The summed E-state index contributed by atoms with van der Waals surface area (Å²) in [4.78, 5) is 29.2. The molecule has 2 aromatic heterocycles. The summed E-state index contributed by atoms with van der Waals surface area (Å²) < 4.78 is 29.2. The number of nitrogens with one attached hydrogen (secondary N) is 1. The van der Waals surface area contributed by atoms with Gasteiger partial charge in [0.1, 0.15) is 24.5 Å². The molecule has 0 unspecified atom stereocenters. The minimum Gasteiger partial charge on any atom is -0.324 e. The van der Waals surface area contributed by atoms with E-state index in [2.05, 4.69) is 20.6 Å². The number of hydrogen-bond donors (Lipinski definition) is 1. The number of anilines is 1. The van der Waals surface area contributed by atoms with E-state index in [0.717, 1.165) is 22.8 Å². The lowest BCUT2D eigenvalue weighted by molar-refractivity contribution is -0.116. The van der Waals surface area contributed by atoms with E-state index in [1.165, 1.54) is 11.0 Å². The first-order valence-corrected chi connectivity index (χ1v) is 9.48. The summed E-state index contributed by atoms with van der Waals surface area (Å²) in [6.07, 6.45) is 1.20. The van der Waals surface area contributed by atoms with Gasteiger partial charge in [0.2, 0.25) is 5.91 Å². The largest absolute Gasteiger partial charge is 0.324 e. The van der Waals surface area contributed by atoms with Crippen LogP contribution in [0.2, 0.25) is 5.02 Å². The highest BCUT2D eigenvalue weighted by molar-refractivity contribution is 6.31. The van der Waals surface area contributed by atoms with Crippen LogP contribution in [0.1, 0.15) is 11.1 Å². The number of nitrogens with zero attached hydrogens (tertiary/aromatic N) is 5. The second-order valence-corrected chi connectivity index (χ2v) is 7.24. The Morgan fingerprint density at radius 1 is 1.19 bits per heavy atom. The number of amides is 1. The molecule has 1 N–H and O–H groups in total. The molecule has 0 fully saturated rings. The fourth-order valence-electron chi connectivity index (χ4n) is 3.07. The van der Waals surface area contributed by atoms with E-state index in [-0.39, 0.29) is 24.3 Å². The van der Waals surface area contributed by atoms with E-state index in [9.17, 15) is 18.4 Å². The van der Waals surface area contributed by atoms with Gasteiger partial charge in [-0.2, -0.15) is 0 Å². The van der Waals surface area contributed by atoms with E-state index < -0.39 is 23.1 Å². The van der Waals surface area contributed by atoms with E-state index in [1.807, 2.05) is 0 Å². The SMILES string of the molecule is Cc1c(Cl)cccc1NC(=O)Cn1cnc2c(nnn2Cc2cc(F)cc(F)c2)c1=O. The molecule has 0 aliphatic carbocycles. The highest BCUT2D eigenvalue weighted by atomic mass is 35.5. The minimum atomic E-state index is -0.726. The number of fused-ring (bicyclic) bond motifs is 1. The molecule has 0 radical (unpaired) electrons. The number of aromatic nitrogens is 5. The summed E-state index contributed by atoms with van der Waals surface area (Å²) in [5, 5.41) is 10.9. The third kappa shape index (κ3) is 4.29. The molecule has 0 bridgehead atoms. The van der Waals surface area contributed by atoms with Crippen LogP contribution in [0.15, 0.2) is 47.5 Å². The molecule has 0 saturated heterocycles. The van der Waals surface area contributed by atoms with Gasteiger partial charge < -0.3 is 5.32 Å². The quantitative estimate of drug-likeness (QED) is 0.510. The molecule has 4 rings (SSSR count). The van der Waals surface area contributed by atoms with Gasteiger partial charge in [-0.25, -0.2) is 18.4 Å². The Morgan fingerprint density at radius 2 is 1.94 bits per heavy atom. The summed E-state index contributed by atoms with van der Waals surface area (Å²) in [7, 11) is 0. The van der Waals surface area contributed by atoms with Gasteiger partial charge in [0.15, 0.2) is 11.2 Å². The van der Waals surface area contributed by atoms with Gasteiger partial charge in [0.05, 0.1) is 6.54 Å². The van der Waals surface area contributed by atoms with Crippen LogP contribution in [0.3, 0.4) is 0 Å². The number of carbonyl (C=O) groups excluding carboxylic acids is 1. The molecule has 8 nitrogen and oxygen atoms in total. The standard InChI is InChI=1S/C20H15ClF2N6O2/c1-11-15(21)3-2-4-16(11)25-17(30)9-28-10-24-19-18(20(28)31)26-27-29(19)8-12-5-13(22)7-14(23)6-12/h2-7,10H,8-9H2,1H3,(H,25,30). The van der Waals surface area contributed by atoms with Crippen LogP contribution < -0.4 is 10.9 Å².